The van der Waals surface area contributed by atoms with Crippen molar-refractivity contribution in [3.63, 3.8) is 0 Å². The Hall–Kier alpha value is -1.13. The fourth-order valence-electron chi connectivity index (χ4n) is 2.33. The van der Waals surface area contributed by atoms with E-state index in [4.69, 9.17) is 4.74 Å². The molecule has 98 valence electrons. The van der Waals surface area contributed by atoms with Gasteiger partial charge in [0.05, 0.1) is 12.6 Å². The van der Waals surface area contributed by atoms with E-state index in [1.54, 1.807) is 0 Å². The molecule has 1 saturated carbocycles. The van der Waals surface area contributed by atoms with Crippen LogP contribution >= 0.6 is 0 Å². The van der Waals surface area contributed by atoms with Crippen LogP contribution in [0.1, 0.15) is 24.8 Å². The molecule has 3 rings (SSSR count). The van der Waals surface area contributed by atoms with Crippen molar-refractivity contribution in [3.8, 4) is 0 Å². The Labute approximate surface area is 108 Å². The number of hydrogen-bond acceptors (Lipinski definition) is 4. The maximum absolute atomic E-state index is 5.44. The fraction of sp³-hybridized carbons (Fsp3) is 0.643. The molecule has 2 fully saturated rings. The molecule has 18 heavy (non-hydrogen) atoms. The lowest BCUT2D eigenvalue weighted by Crippen LogP contribution is -2.32. The highest BCUT2D eigenvalue weighted by molar-refractivity contribution is 5.41. The first-order chi connectivity index (χ1) is 8.83. The highest BCUT2D eigenvalue weighted by Crippen LogP contribution is 2.21. The predicted octanol–water partition coefficient (Wildman–Crippen LogP) is 1.56. The highest BCUT2D eigenvalue weighted by atomic mass is 16.5. The van der Waals surface area contributed by atoms with Crippen LogP contribution in [0.5, 0.6) is 0 Å². The third-order valence-corrected chi connectivity index (χ3v) is 3.80. The quantitative estimate of drug-likeness (QED) is 0.857. The zero-order valence-corrected chi connectivity index (χ0v) is 10.9. The molecule has 1 aromatic heterocycles. The zero-order valence-electron chi connectivity index (χ0n) is 10.9. The second kappa shape index (κ2) is 5.24. The van der Waals surface area contributed by atoms with Gasteiger partial charge in [-0.3, -0.25) is 0 Å². The lowest BCUT2D eigenvalue weighted by atomic mass is 10.2. The van der Waals surface area contributed by atoms with E-state index in [0.29, 0.717) is 6.04 Å². The third kappa shape index (κ3) is 2.82. The summed E-state index contributed by atoms with van der Waals surface area (Å²) in [6.45, 7) is 2.65. The van der Waals surface area contributed by atoms with E-state index in [0.717, 1.165) is 38.0 Å². The van der Waals surface area contributed by atoms with Crippen LogP contribution in [0.4, 0.5) is 5.82 Å². The van der Waals surface area contributed by atoms with Gasteiger partial charge in [-0.2, -0.15) is 0 Å². The van der Waals surface area contributed by atoms with Gasteiger partial charge in [-0.1, -0.05) is 0 Å². The molecule has 0 amide bonds. The number of anilines is 1. The Balaban J connectivity index is 1.64. The van der Waals surface area contributed by atoms with Crippen molar-refractivity contribution in [1.82, 2.24) is 10.3 Å². The van der Waals surface area contributed by atoms with Gasteiger partial charge >= 0.3 is 0 Å². The Bertz CT molecular complexity index is 400. The Morgan fingerprint density at radius 1 is 1.44 bits per heavy atom. The van der Waals surface area contributed by atoms with E-state index in [-0.39, 0.29) is 0 Å². The summed E-state index contributed by atoms with van der Waals surface area (Å²) in [5.74, 6) is 1.06. The van der Waals surface area contributed by atoms with Crippen molar-refractivity contribution >= 4 is 5.82 Å². The molecule has 1 aromatic rings. The van der Waals surface area contributed by atoms with Gasteiger partial charge in [0.25, 0.3) is 0 Å². The summed E-state index contributed by atoms with van der Waals surface area (Å²) in [5.41, 5.74) is 1.32. The molecular formula is C14H21N3O. The van der Waals surface area contributed by atoms with Crippen LogP contribution in [-0.2, 0) is 11.3 Å². The maximum atomic E-state index is 5.44. The molecule has 1 N–H and O–H groups in total. The molecule has 2 heterocycles. The third-order valence-electron chi connectivity index (χ3n) is 3.80. The van der Waals surface area contributed by atoms with Gasteiger partial charge in [0, 0.05) is 32.4 Å². The summed E-state index contributed by atoms with van der Waals surface area (Å²) in [6, 6.07) is 5.51. The summed E-state index contributed by atoms with van der Waals surface area (Å²) < 4.78 is 5.44. The summed E-state index contributed by atoms with van der Waals surface area (Å²) in [6.07, 6.45) is 5.67. The fourth-order valence-corrected chi connectivity index (χ4v) is 2.33. The van der Waals surface area contributed by atoms with Gasteiger partial charge in [-0.05, 0) is 37.0 Å². The first-order valence-electron chi connectivity index (χ1n) is 6.82. The minimum absolute atomic E-state index is 0.476. The van der Waals surface area contributed by atoms with Crippen LogP contribution in [0.25, 0.3) is 0 Å². The molecule has 1 saturated heterocycles. The molecule has 4 heteroatoms. The van der Waals surface area contributed by atoms with Crippen LogP contribution in [0.15, 0.2) is 18.3 Å². The number of nitrogens with zero attached hydrogens (tertiary/aromatic N) is 2. The largest absolute Gasteiger partial charge is 0.379 e. The van der Waals surface area contributed by atoms with Gasteiger partial charge in [-0.15, -0.1) is 0 Å². The number of hydrogen-bond donors (Lipinski definition) is 1. The van der Waals surface area contributed by atoms with Crippen molar-refractivity contribution in [2.75, 3.05) is 25.2 Å². The second-order valence-corrected chi connectivity index (χ2v) is 5.31. The first kappa shape index (κ1) is 11.9. The second-order valence-electron chi connectivity index (χ2n) is 5.31. The zero-order chi connectivity index (χ0) is 12.4. The standard InChI is InChI=1S/C14H21N3O/c1-17(13-5-7-18-10-13)14-8-11(4-6-15-14)9-16-12-2-3-12/h4,6,8,12-13,16H,2-3,5,7,9-10H2,1H3. The first-order valence-corrected chi connectivity index (χ1v) is 6.82. The predicted molar refractivity (Wildman–Crippen MR) is 71.7 cm³/mol. The van der Waals surface area contributed by atoms with E-state index in [9.17, 15) is 0 Å². The number of pyridine rings is 1. The van der Waals surface area contributed by atoms with Crippen molar-refractivity contribution in [2.24, 2.45) is 0 Å². The van der Waals surface area contributed by atoms with Gasteiger partial charge in [-0.25, -0.2) is 4.98 Å². The van der Waals surface area contributed by atoms with E-state index < -0.39 is 0 Å². The van der Waals surface area contributed by atoms with Gasteiger partial charge in [0.2, 0.25) is 0 Å². The molecule has 1 aliphatic heterocycles. The summed E-state index contributed by atoms with van der Waals surface area (Å²) >= 11 is 0. The Kier molecular flexibility index (Phi) is 3.48. The lowest BCUT2D eigenvalue weighted by Gasteiger charge is -2.24. The molecule has 1 unspecified atom stereocenters. The number of likely N-dealkylation sites (N-methyl/N-ethyl adjacent to an activating group) is 1. The van der Waals surface area contributed by atoms with Gasteiger partial charge in [0.15, 0.2) is 0 Å². The van der Waals surface area contributed by atoms with E-state index in [2.05, 4.69) is 34.4 Å². The lowest BCUT2D eigenvalue weighted by molar-refractivity contribution is 0.193. The Morgan fingerprint density at radius 3 is 3.06 bits per heavy atom. The van der Waals surface area contributed by atoms with Crippen molar-refractivity contribution in [2.45, 2.75) is 37.9 Å². The van der Waals surface area contributed by atoms with Gasteiger partial charge in [0.1, 0.15) is 5.82 Å². The van der Waals surface area contributed by atoms with Gasteiger partial charge < -0.3 is 15.0 Å². The number of nitrogens with one attached hydrogen (secondary N) is 1. The van der Waals surface area contributed by atoms with E-state index in [1.807, 2.05) is 6.20 Å². The monoisotopic (exact) mass is 247 g/mol. The van der Waals surface area contributed by atoms with Crippen molar-refractivity contribution < 1.29 is 4.74 Å². The van der Waals surface area contributed by atoms with Crippen LogP contribution in [-0.4, -0.2) is 37.3 Å². The normalized spacial score (nSPS) is 23.3. The number of aromatic nitrogens is 1. The number of rotatable bonds is 5. The minimum atomic E-state index is 0.476. The molecule has 0 radical (unpaired) electrons. The highest BCUT2D eigenvalue weighted by Gasteiger charge is 2.22. The van der Waals surface area contributed by atoms with E-state index in [1.165, 1.54) is 18.4 Å². The molecule has 1 aliphatic carbocycles. The molecule has 0 bridgehead atoms. The molecule has 1 atom stereocenters. The molecule has 0 spiro atoms. The Morgan fingerprint density at radius 2 is 2.33 bits per heavy atom. The molecule has 0 aromatic carbocycles. The molecular weight excluding hydrogens is 226 g/mol. The van der Waals surface area contributed by atoms with Crippen LogP contribution in [0, 0.1) is 0 Å². The SMILES string of the molecule is CN(c1cc(CNC2CC2)ccn1)C1CCOC1. The topological polar surface area (TPSA) is 37.4 Å². The average molecular weight is 247 g/mol. The van der Waals surface area contributed by atoms with Crippen molar-refractivity contribution in [1.29, 1.82) is 0 Å². The van der Waals surface area contributed by atoms with Crippen molar-refractivity contribution in [3.05, 3.63) is 23.9 Å². The molecule has 2 aliphatic rings. The van der Waals surface area contributed by atoms with Crippen LogP contribution in [0.2, 0.25) is 0 Å². The maximum Gasteiger partial charge on any atom is 0.128 e. The summed E-state index contributed by atoms with van der Waals surface area (Å²) in [7, 11) is 2.11. The minimum Gasteiger partial charge on any atom is -0.379 e. The molecule has 4 nitrogen and oxygen atoms in total. The van der Waals surface area contributed by atoms with Crippen LogP contribution in [0.3, 0.4) is 0 Å². The summed E-state index contributed by atoms with van der Waals surface area (Å²) in [4.78, 5) is 6.71. The van der Waals surface area contributed by atoms with Crippen LogP contribution < -0.4 is 10.2 Å². The summed E-state index contributed by atoms with van der Waals surface area (Å²) in [5, 5.41) is 3.54. The number of ether oxygens (including phenoxy) is 1. The van der Waals surface area contributed by atoms with E-state index >= 15 is 0 Å². The average Bonchev–Trinajstić information content (AvgIpc) is 3.08. The smallest absolute Gasteiger partial charge is 0.128 e.